The SMILES string of the molecule is CC(=O)c1csc(N2CCC(Cc3ccccc3)CC2)n1. The first-order chi connectivity index (χ1) is 10.2. The van der Waals surface area contributed by atoms with E-state index in [0.717, 1.165) is 24.1 Å². The van der Waals surface area contributed by atoms with E-state index in [2.05, 4.69) is 40.2 Å². The van der Waals surface area contributed by atoms with E-state index in [1.165, 1.54) is 24.8 Å². The van der Waals surface area contributed by atoms with Gasteiger partial charge >= 0.3 is 0 Å². The van der Waals surface area contributed by atoms with Gasteiger partial charge in [0, 0.05) is 25.4 Å². The number of piperidine rings is 1. The number of carbonyl (C=O) groups excluding carboxylic acids is 1. The molecule has 3 nitrogen and oxygen atoms in total. The van der Waals surface area contributed by atoms with Crippen molar-refractivity contribution in [2.45, 2.75) is 26.2 Å². The summed E-state index contributed by atoms with van der Waals surface area (Å²) in [5.41, 5.74) is 2.03. The summed E-state index contributed by atoms with van der Waals surface area (Å²) in [5.74, 6) is 0.812. The van der Waals surface area contributed by atoms with Crippen molar-refractivity contribution < 1.29 is 4.79 Å². The zero-order valence-electron chi connectivity index (χ0n) is 12.3. The summed E-state index contributed by atoms with van der Waals surface area (Å²) in [6.07, 6.45) is 3.57. The van der Waals surface area contributed by atoms with Gasteiger partial charge in [0.1, 0.15) is 5.69 Å². The Morgan fingerprint density at radius 3 is 2.62 bits per heavy atom. The molecule has 0 saturated carbocycles. The van der Waals surface area contributed by atoms with Gasteiger partial charge in [0.15, 0.2) is 10.9 Å². The predicted octanol–water partition coefficient (Wildman–Crippen LogP) is 3.80. The lowest BCUT2D eigenvalue weighted by atomic mass is 9.90. The minimum absolute atomic E-state index is 0.0523. The van der Waals surface area contributed by atoms with Crippen LogP contribution in [0.15, 0.2) is 35.7 Å². The summed E-state index contributed by atoms with van der Waals surface area (Å²) >= 11 is 1.58. The molecule has 0 aliphatic carbocycles. The fourth-order valence-electron chi connectivity index (χ4n) is 2.85. The van der Waals surface area contributed by atoms with Gasteiger partial charge in [-0.3, -0.25) is 4.79 Å². The summed E-state index contributed by atoms with van der Waals surface area (Å²) in [4.78, 5) is 18.1. The van der Waals surface area contributed by atoms with E-state index in [1.54, 1.807) is 18.3 Å². The molecule has 21 heavy (non-hydrogen) atoms. The maximum atomic E-state index is 11.3. The number of ketones is 1. The van der Waals surface area contributed by atoms with E-state index in [4.69, 9.17) is 0 Å². The molecule has 0 spiro atoms. The third-order valence-corrected chi connectivity index (χ3v) is 5.01. The van der Waals surface area contributed by atoms with Gasteiger partial charge in [0.2, 0.25) is 0 Å². The molecule has 0 bridgehead atoms. The number of benzene rings is 1. The first-order valence-corrected chi connectivity index (χ1v) is 8.35. The van der Waals surface area contributed by atoms with Gasteiger partial charge in [0.25, 0.3) is 0 Å². The van der Waals surface area contributed by atoms with E-state index >= 15 is 0 Å². The molecule has 110 valence electrons. The molecule has 3 rings (SSSR count). The Morgan fingerprint density at radius 2 is 2.00 bits per heavy atom. The van der Waals surface area contributed by atoms with Gasteiger partial charge < -0.3 is 4.90 Å². The third kappa shape index (κ3) is 3.50. The highest BCUT2D eigenvalue weighted by atomic mass is 32.1. The van der Waals surface area contributed by atoms with Crippen LogP contribution in [0.25, 0.3) is 0 Å². The molecule has 0 unspecified atom stereocenters. The van der Waals surface area contributed by atoms with Crippen LogP contribution in [0.1, 0.15) is 35.8 Å². The first kappa shape index (κ1) is 14.3. The molecule has 1 aliphatic heterocycles. The number of thiazole rings is 1. The van der Waals surface area contributed by atoms with Crippen molar-refractivity contribution >= 4 is 22.3 Å². The van der Waals surface area contributed by atoms with Crippen molar-refractivity contribution in [2.75, 3.05) is 18.0 Å². The quantitative estimate of drug-likeness (QED) is 0.805. The van der Waals surface area contributed by atoms with Gasteiger partial charge in [-0.25, -0.2) is 4.98 Å². The average molecular weight is 300 g/mol. The van der Waals surface area contributed by atoms with Crippen molar-refractivity contribution in [1.29, 1.82) is 0 Å². The van der Waals surface area contributed by atoms with Gasteiger partial charge in [-0.15, -0.1) is 11.3 Å². The maximum absolute atomic E-state index is 11.3. The maximum Gasteiger partial charge on any atom is 0.185 e. The number of Topliss-reactive ketones (excluding diaryl/α,β-unsaturated/α-hetero) is 1. The van der Waals surface area contributed by atoms with Gasteiger partial charge in [-0.05, 0) is 30.7 Å². The minimum Gasteiger partial charge on any atom is -0.348 e. The monoisotopic (exact) mass is 300 g/mol. The van der Waals surface area contributed by atoms with Crippen molar-refractivity contribution in [1.82, 2.24) is 4.98 Å². The summed E-state index contributed by atoms with van der Waals surface area (Å²) in [6.45, 7) is 3.66. The van der Waals surface area contributed by atoms with Crippen molar-refractivity contribution in [2.24, 2.45) is 5.92 Å². The van der Waals surface area contributed by atoms with E-state index < -0.39 is 0 Å². The molecule has 0 radical (unpaired) electrons. The molecule has 4 heteroatoms. The molecule has 1 fully saturated rings. The predicted molar refractivity (Wildman–Crippen MR) is 87.2 cm³/mol. The molecular formula is C17H20N2OS. The largest absolute Gasteiger partial charge is 0.348 e. The van der Waals surface area contributed by atoms with Crippen LogP contribution in [0.3, 0.4) is 0 Å². The Kier molecular flexibility index (Phi) is 4.34. The molecule has 1 aliphatic rings. The molecule has 1 saturated heterocycles. The first-order valence-electron chi connectivity index (χ1n) is 7.47. The van der Waals surface area contributed by atoms with Gasteiger partial charge in [-0.1, -0.05) is 30.3 Å². The summed E-state index contributed by atoms with van der Waals surface area (Å²) in [6, 6.07) is 10.7. The van der Waals surface area contributed by atoms with E-state index in [9.17, 15) is 4.79 Å². The highest BCUT2D eigenvalue weighted by Gasteiger charge is 2.21. The smallest absolute Gasteiger partial charge is 0.185 e. The minimum atomic E-state index is 0.0523. The standard InChI is InChI=1S/C17H20N2OS/c1-13(20)16-12-21-17(18-16)19-9-7-15(8-10-19)11-14-5-3-2-4-6-14/h2-6,12,15H,7-11H2,1H3. The Labute approximate surface area is 129 Å². The fraction of sp³-hybridized carbons (Fsp3) is 0.412. The molecule has 1 aromatic heterocycles. The van der Waals surface area contributed by atoms with Crippen molar-refractivity contribution in [3.63, 3.8) is 0 Å². The highest BCUT2D eigenvalue weighted by molar-refractivity contribution is 7.13. The van der Waals surface area contributed by atoms with Crippen LogP contribution in [0.2, 0.25) is 0 Å². The van der Waals surface area contributed by atoms with Crippen LogP contribution in [0.5, 0.6) is 0 Å². The third-order valence-electron chi connectivity index (χ3n) is 4.11. The van der Waals surface area contributed by atoms with Gasteiger partial charge in [-0.2, -0.15) is 0 Å². The highest BCUT2D eigenvalue weighted by Crippen LogP contribution is 2.28. The molecule has 2 heterocycles. The molecule has 2 aromatic rings. The number of hydrogen-bond acceptors (Lipinski definition) is 4. The molecule has 0 N–H and O–H groups in total. The van der Waals surface area contributed by atoms with E-state index in [-0.39, 0.29) is 5.78 Å². The lowest BCUT2D eigenvalue weighted by Crippen LogP contribution is -2.34. The number of anilines is 1. The molecular weight excluding hydrogens is 280 g/mol. The van der Waals surface area contributed by atoms with Crippen LogP contribution in [0.4, 0.5) is 5.13 Å². The second-order valence-electron chi connectivity index (χ2n) is 5.69. The summed E-state index contributed by atoms with van der Waals surface area (Å²) in [5, 5.41) is 2.87. The Balaban J connectivity index is 1.56. The fourth-order valence-corrected chi connectivity index (χ4v) is 3.77. The zero-order valence-corrected chi connectivity index (χ0v) is 13.1. The number of carbonyl (C=O) groups is 1. The molecule has 1 aromatic carbocycles. The normalized spacial score (nSPS) is 16.1. The van der Waals surface area contributed by atoms with Gasteiger partial charge in [0.05, 0.1) is 0 Å². The van der Waals surface area contributed by atoms with Crippen LogP contribution < -0.4 is 4.90 Å². The zero-order chi connectivity index (χ0) is 14.7. The second kappa shape index (κ2) is 6.39. The van der Waals surface area contributed by atoms with Crippen molar-refractivity contribution in [3.8, 4) is 0 Å². The number of nitrogens with zero attached hydrogens (tertiary/aromatic N) is 2. The van der Waals surface area contributed by atoms with E-state index in [0.29, 0.717) is 5.69 Å². The Hall–Kier alpha value is -1.68. The second-order valence-corrected chi connectivity index (χ2v) is 6.53. The van der Waals surface area contributed by atoms with E-state index in [1.807, 2.05) is 5.38 Å². The number of aromatic nitrogens is 1. The summed E-state index contributed by atoms with van der Waals surface area (Å²) < 4.78 is 0. The Morgan fingerprint density at radius 1 is 1.29 bits per heavy atom. The lowest BCUT2D eigenvalue weighted by Gasteiger charge is -2.31. The van der Waals surface area contributed by atoms with Crippen LogP contribution in [-0.4, -0.2) is 23.9 Å². The number of hydrogen-bond donors (Lipinski definition) is 0. The molecule has 0 amide bonds. The lowest BCUT2D eigenvalue weighted by molar-refractivity contribution is 0.101. The van der Waals surface area contributed by atoms with Crippen LogP contribution >= 0.6 is 11.3 Å². The van der Waals surface area contributed by atoms with Crippen LogP contribution in [-0.2, 0) is 6.42 Å². The molecule has 0 atom stereocenters. The van der Waals surface area contributed by atoms with Crippen molar-refractivity contribution in [3.05, 3.63) is 47.0 Å². The Bertz CT molecular complexity index is 600. The topological polar surface area (TPSA) is 33.2 Å². The van der Waals surface area contributed by atoms with Crippen LogP contribution in [0, 0.1) is 5.92 Å². The summed E-state index contributed by atoms with van der Waals surface area (Å²) in [7, 11) is 0. The average Bonchev–Trinajstić information content (AvgIpc) is 2.99. The number of rotatable bonds is 4.